The van der Waals surface area contributed by atoms with Gasteiger partial charge in [-0.3, -0.25) is 5.10 Å². The van der Waals surface area contributed by atoms with Crippen molar-refractivity contribution in [2.45, 2.75) is 6.92 Å². The normalized spacial score (nSPS) is 11.5. The molecule has 2 aromatic carbocycles. The lowest BCUT2D eigenvalue weighted by molar-refractivity contribution is 0.628. The third-order valence-electron chi connectivity index (χ3n) is 4.49. The van der Waals surface area contributed by atoms with E-state index in [9.17, 15) is 4.39 Å². The Morgan fingerprint density at radius 2 is 1.73 bits per heavy atom. The minimum Gasteiger partial charge on any atom is -0.278 e. The number of hydrogen-bond acceptors (Lipinski definition) is 3. The molecule has 0 saturated carbocycles. The lowest BCUT2D eigenvalue weighted by Gasteiger charge is -2.04. The van der Waals surface area contributed by atoms with Gasteiger partial charge in [-0.1, -0.05) is 12.1 Å². The smallest absolute Gasteiger partial charge is 0.123 e. The van der Waals surface area contributed by atoms with Crippen molar-refractivity contribution in [3.05, 3.63) is 72.3 Å². The van der Waals surface area contributed by atoms with Crippen LogP contribution in [0.2, 0.25) is 0 Å². The Bertz CT molecular complexity index is 1250. The molecule has 0 aliphatic rings. The summed E-state index contributed by atoms with van der Waals surface area (Å²) in [6.07, 6.45) is 1.79. The number of aryl methyl sites for hydroxylation is 1. The van der Waals surface area contributed by atoms with Gasteiger partial charge in [0.15, 0.2) is 0 Å². The van der Waals surface area contributed by atoms with E-state index in [2.05, 4.69) is 20.4 Å². The summed E-state index contributed by atoms with van der Waals surface area (Å²) < 4.78 is 15.0. The van der Waals surface area contributed by atoms with Crippen LogP contribution in [-0.2, 0) is 0 Å². The molecule has 3 heterocycles. The molecule has 126 valence electrons. The molecule has 0 saturated heterocycles. The summed E-state index contributed by atoms with van der Waals surface area (Å²) in [5.74, 6) is -0.271. The number of hydrogen-bond donors (Lipinski definition) is 1. The van der Waals surface area contributed by atoms with E-state index in [1.54, 1.807) is 23.0 Å². The highest BCUT2D eigenvalue weighted by Gasteiger charge is 2.18. The maximum absolute atomic E-state index is 13.4. The van der Waals surface area contributed by atoms with Crippen LogP contribution in [-0.4, -0.2) is 25.0 Å². The maximum atomic E-state index is 13.4. The van der Waals surface area contributed by atoms with E-state index in [-0.39, 0.29) is 5.82 Å². The predicted molar refractivity (Wildman–Crippen MR) is 98.2 cm³/mol. The third-order valence-corrected chi connectivity index (χ3v) is 4.49. The monoisotopic (exact) mass is 343 g/mol. The number of nitrogens with one attached hydrogen (secondary N) is 1. The van der Waals surface area contributed by atoms with Crippen LogP contribution in [0.1, 0.15) is 5.69 Å². The van der Waals surface area contributed by atoms with Crippen LogP contribution >= 0.6 is 0 Å². The molecule has 3 aromatic heterocycles. The van der Waals surface area contributed by atoms with Crippen molar-refractivity contribution in [1.29, 1.82) is 0 Å². The van der Waals surface area contributed by atoms with E-state index in [1.807, 2.05) is 37.3 Å². The molecule has 0 unspecified atom stereocenters. The van der Waals surface area contributed by atoms with Crippen LogP contribution in [0.3, 0.4) is 0 Å². The van der Waals surface area contributed by atoms with Crippen molar-refractivity contribution in [3.8, 4) is 22.4 Å². The van der Waals surface area contributed by atoms with Gasteiger partial charge in [-0.25, -0.2) is 4.39 Å². The highest BCUT2D eigenvalue weighted by molar-refractivity contribution is 5.95. The van der Waals surface area contributed by atoms with E-state index >= 15 is 0 Å². The largest absolute Gasteiger partial charge is 0.278 e. The molecule has 0 aliphatic carbocycles. The van der Waals surface area contributed by atoms with Crippen LogP contribution in [0.4, 0.5) is 4.39 Å². The van der Waals surface area contributed by atoms with Crippen LogP contribution in [0.25, 0.3) is 38.8 Å². The van der Waals surface area contributed by atoms with Gasteiger partial charge in [0.1, 0.15) is 11.5 Å². The zero-order valence-electron chi connectivity index (χ0n) is 13.9. The first-order chi connectivity index (χ1) is 12.7. The van der Waals surface area contributed by atoms with Crippen molar-refractivity contribution in [3.63, 3.8) is 0 Å². The summed E-state index contributed by atoms with van der Waals surface area (Å²) in [5, 5.41) is 17.3. The lowest BCUT2D eigenvalue weighted by atomic mass is 9.99. The summed E-state index contributed by atoms with van der Waals surface area (Å²) in [4.78, 5) is 0. The topological polar surface area (TPSA) is 58.9 Å². The Morgan fingerprint density at radius 3 is 2.58 bits per heavy atom. The highest BCUT2D eigenvalue weighted by atomic mass is 19.1. The Morgan fingerprint density at radius 1 is 0.923 bits per heavy atom. The first kappa shape index (κ1) is 14.8. The van der Waals surface area contributed by atoms with Crippen LogP contribution in [0, 0.1) is 12.7 Å². The maximum Gasteiger partial charge on any atom is 0.123 e. The molecule has 5 aromatic rings. The number of aromatic amines is 1. The molecule has 0 bridgehead atoms. The van der Waals surface area contributed by atoms with Crippen molar-refractivity contribution in [2.24, 2.45) is 0 Å². The minimum atomic E-state index is -0.271. The van der Waals surface area contributed by atoms with Gasteiger partial charge in [0.2, 0.25) is 0 Å². The predicted octanol–water partition coefficient (Wildman–Crippen LogP) is 4.39. The van der Waals surface area contributed by atoms with E-state index in [0.29, 0.717) is 0 Å². The van der Waals surface area contributed by atoms with Gasteiger partial charge in [-0.15, -0.1) is 5.10 Å². The number of aromatic nitrogens is 5. The molecule has 0 aliphatic heterocycles. The molecular weight excluding hydrogens is 329 g/mol. The van der Waals surface area contributed by atoms with E-state index in [0.717, 1.165) is 44.5 Å². The van der Waals surface area contributed by atoms with Gasteiger partial charge >= 0.3 is 0 Å². The summed E-state index contributed by atoms with van der Waals surface area (Å²) in [6.45, 7) is 1.93. The number of rotatable bonds is 2. The van der Waals surface area contributed by atoms with Crippen molar-refractivity contribution >= 4 is 16.4 Å². The van der Waals surface area contributed by atoms with Crippen molar-refractivity contribution in [1.82, 2.24) is 25.0 Å². The molecule has 0 radical (unpaired) electrons. The zero-order valence-corrected chi connectivity index (χ0v) is 13.9. The number of halogens is 1. The average molecular weight is 343 g/mol. The molecular formula is C20H14FN5. The summed E-state index contributed by atoms with van der Waals surface area (Å²) in [5.41, 5.74) is 6.29. The molecule has 6 heteroatoms. The van der Waals surface area contributed by atoms with E-state index in [4.69, 9.17) is 0 Å². The number of fused-ring (bicyclic) bond motifs is 2. The number of benzene rings is 2. The average Bonchev–Trinajstić information content (AvgIpc) is 3.25. The van der Waals surface area contributed by atoms with Gasteiger partial charge in [-0.2, -0.15) is 14.8 Å². The molecule has 0 atom stereocenters. The second kappa shape index (κ2) is 5.49. The second-order valence-corrected chi connectivity index (χ2v) is 6.25. The SMILES string of the molecule is Cc1ccc2c(-c3ccc4cn[nH]c4c3)c(-c3ccc(F)cc3)nn2n1. The number of H-pyrrole nitrogens is 1. The first-order valence-corrected chi connectivity index (χ1v) is 8.25. The standard InChI is InChI=1S/C20H14FN5/c1-12-2-9-18-19(14-3-4-15-11-22-23-17(15)10-14)20(25-26(18)24-12)13-5-7-16(21)8-6-13/h2-11H,1H3,(H,22,23). The van der Waals surface area contributed by atoms with Crippen molar-refractivity contribution < 1.29 is 4.39 Å². The van der Waals surface area contributed by atoms with E-state index < -0.39 is 0 Å². The molecule has 0 fully saturated rings. The summed E-state index contributed by atoms with van der Waals surface area (Å²) >= 11 is 0. The van der Waals surface area contributed by atoms with Crippen LogP contribution in [0.5, 0.6) is 0 Å². The van der Waals surface area contributed by atoms with Gasteiger partial charge in [0, 0.05) is 16.5 Å². The van der Waals surface area contributed by atoms with Gasteiger partial charge < -0.3 is 0 Å². The van der Waals surface area contributed by atoms with Gasteiger partial charge in [-0.05, 0) is 55.0 Å². The van der Waals surface area contributed by atoms with Crippen LogP contribution in [0.15, 0.2) is 60.8 Å². The highest BCUT2D eigenvalue weighted by Crippen LogP contribution is 2.36. The van der Waals surface area contributed by atoms with Crippen LogP contribution < -0.4 is 0 Å². The third kappa shape index (κ3) is 2.27. The molecule has 26 heavy (non-hydrogen) atoms. The zero-order chi connectivity index (χ0) is 17.7. The fourth-order valence-corrected chi connectivity index (χ4v) is 3.22. The molecule has 5 rings (SSSR count). The molecule has 1 N–H and O–H groups in total. The Hall–Kier alpha value is -3.54. The fourth-order valence-electron chi connectivity index (χ4n) is 3.22. The molecule has 0 spiro atoms. The van der Waals surface area contributed by atoms with Gasteiger partial charge in [0.25, 0.3) is 0 Å². The van der Waals surface area contributed by atoms with Crippen molar-refractivity contribution in [2.75, 3.05) is 0 Å². The first-order valence-electron chi connectivity index (χ1n) is 8.25. The second-order valence-electron chi connectivity index (χ2n) is 6.25. The Kier molecular flexibility index (Phi) is 3.12. The summed E-state index contributed by atoms with van der Waals surface area (Å²) in [7, 11) is 0. The fraction of sp³-hybridized carbons (Fsp3) is 0.0500. The Balaban J connectivity index is 1.83. The van der Waals surface area contributed by atoms with Gasteiger partial charge in [0.05, 0.1) is 22.9 Å². The Labute approximate surface area is 148 Å². The summed E-state index contributed by atoms with van der Waals surface area (Å²) in [6, 6.07) is 16.4. The quantitative estimate of drug-likeness (QED) is 0.517. The molecule has 0 amide bonds. The molecule has 5 nitrogen and oxygen atoms in total. The van der Waals surface area contributed by atoms with E-state index in [1.165, 1.54) is 12.1 Å². The lowest BCUT2D eigenvalue weighted by Crippen LogP contribution is -1.95. The number of nitrogens with zero attached hydrogens (tertiary/aromatic N) is 4. The minimum absolute atomic E-state index is 0.271.